The average molecular weight is 860 g/mol. The molecule has 1 amide bonds. The molecule has 4 heterocycles. The average Bonchev–Trinajstić information content (AvgIpc) is 3.96. The number of hydrogen-bond donors (Lipinski definition) is 6. The van der Waals surface area contributed by atoms with Crippen molar-refractivity contribution in [2.75, 3.05) is 24.2 Å². The van der Waals surface area contributed by atoms with E-state index in [4.69, 9.17) is 10.5 Å². The largest absolute Gasteiger partial charge is 0.416 e. The number of carbonyl (C=O) groups excluding carboxylic acids is 2. The number of nitrogens with one attached hydrogen (secondary N) is 2. The van der Waals surface area contributed by atoms with E-state index in [2.05, 4.69) is 37.4 Å². The van der Waals surface area contributed by atoms with Gasteiger partial charge in [0.2, 0.25) is 0 Å². The third kappa shape index (κ3) is 8.50. The molecule has 7 N–H and O–H groups in total. The molecular weight excluding hydrogens is 824 g/mol. The van der Waals surface area contributed by atoms with Gasteiger partial charge in [-0.25, -0.2) is 15.0 Å². The fraction of sp³-hybridized carbons (Fsp3) is 0.178. The predicted octanol–water partition coefficient (Wildman–Crippen LogP) is 6.58. The number of hydrogen-bond acceptors (Lipinski definition) is 12. The Morgan fingerprint density at radius 2 is 1.65 bits per heavy atom. The molecule has 0 saturated carbocycles. The summed E-state index contributed by atoms with van der Waals surface area (Å²) in [6.45, 7) is -0.199. The number of rotatable bonds is 11. The number of fused-ring (bicyclic) bond motifs is 1. The molecular formula is C45H36F3N7O6S. The first kappa shape index (κ1) is 41.8. The van der Waals surface area contributed by atoms with E-state index in [9.17, 15) is 38.1 Å². The third-order valence-electron chi connectivity index (χ3n) is 10.2. The summed E-state index contributed by atoms with van der Waals surface area (Å²) in [6.07, 6.45) is -6.02. The highest BCUT2D eigenvalue weighted by Crippen LogP contribution is 2.47. The Morgan fingerprint density at radius 3 is 2.35 bits per heavy atom. The molecule has 17 heteroatoms. The zero-order chi connectivity index (χ0) is 43.5. The van der Waals surface area contributed by atoms with Crippen molar-refractivity contribution in [2.45, 2.75) is 37.1 Å². The number of halogens is 3. The van der Waals surface area contributed by atoms with E-state index in [1.165, 1.54) is 29.4 Å². The second-order valence-electron chi connectivity index (χ2n) is 14.2. The molecule has 8 rings (SSSR count). The number of alkyl halides is 3. The number of benzene rings is 4. The van der Waals surface area contributed by atoms with Crippen molar-refractivity contribution in [3.05, 3.63) is 144 Å². The molecule has 4 aromatic carbocycles. The highest BCUT2D eigenvalue weighted by atomic mass is 32.1. The number of imidazole rings is 1. The van der Waals surface area contributed by atoms with Gasteiger partial charge >= 0.3 is 6.18 Å². The van der Waals surface area contributed by atoms with E-state index in [0.717, 1.165) is 29.0 Å². The SMILES string of the molecule is Nc1sc(-c2ccc(C(=O)NCCC#Cc3ccc(Nc4ncnc5c4ncn5[C@@H]4O[C@H](CO)[C@@H](O)[C@H]4O)cc3)cc2)c(-c2cccc(C(F)(F)F)c2)c1C(=O)c1ccccc1. The number of aliphatic hydroxyl groups is 3. The minimum atomic E-state index is -4.60. The predicted molar refractivity (Wildman–Crippen MR) is 226 cm³/mol. The number of anilines is 3. The standard InChI is InChI=1S/C45H36F3N7O6S/c46-45(47,48)30-11-6-10-29(21-30)33-34(36(57)26-8-2-1-3-9-26)40(49)62-39(33)27-14-16-28(17-15-27)43(60)50-20-5-4-7-25-12-18-31(19-13-25)54-41-35-42(52-23-51-41)55(24-53-35)44-38(59)37(58)32(22-56)61-44/h1-3,6,8-19,21,23-24,32,37-38,44,56,58-59H,5,20,22,49H2,(H,50,60)(H,51,52,54)/t32-,37-,38-,44-/m1/s1. The van der Waals surface area contributed by atoms with Crippen LogP contribution in [0.5, 0.6) is 0 Å². The van der Waals surface area contributed by atoms with Crippen molar-refractivity contribution in [1.82, 2.24) is 24.8 Å². The van der Waals surface area contributed by atoms with E-state index >= 15 is 0 Å². The number of ether oxygens (including phenoxy) is 1. The van der Waals surface area contributed by atoms with E-state index in [-0.39, 0.29) is 34.1 Å². The van der Waals surface area contributed by atoms with Gasteiger partial charge in [-0.05, 0) is 59.7 Å². The van der Waals surface area contributed by atoms with E-state index in [0.29, 0.717) is 50.7 Å². The molecule has 1 aliphatic rings. The van der Waals surface area contributed by atoms with E-state index in [1.807, 2.05) is 24.3 Å². The van der Waals surface area contributed by atoms with Crippen LogP contribution >= 0.6 is 11.3 Å². The van der Waals surface area contributed by atoms with Gasteiger partial charge in [-0.2, -0.15) is 13.2 Å². The second kappa shape index (κ2) is 17.6. The molecule has 1 saturated heterocycles. The lowest BCUT2D eigenvalue weighted by Crippen LogP contribution is -2.33. The highest BCUT2D eigenvalue weighted by molar-refractivity contribution is 7.20. The first-order chi connectivity index (χ1) is 29.9. The molecule has 4 atom stereocenters. The third-order valence-corrected chi connectivity index (χ3v) is 11.2. The summed E-state index contributed by atoms with van der Waals surface area (Å²) in [6, 6.07) is 26.9. The van der Waals surface area contributed by atoms with Gasteiger partial charge in [0.05, 0.1) is 29.1 Å². The van der Waals surface area contributed by atoms with Gasteiger partial charge in [-0.15, -0.1) is 11.3 Å². The van der Waals surface area contributed by atoms with E-state index in [1.54, 1.807) is 54.6 Å². The Hall–Kier alpha value is -6.94. The van der Waals surface area contributed by atoms with Gasteiger partial charge in [0.1, 0.15) is 24.6 Å². The van der Waals surface area contributed by atoms with Crippen molar-refractivity contribution < 1.29 is 42.8 Å². The van der Waals surface area contributed by atoms with Gasteiger partial charge < -0.3 is 36.4 Å². The van der Waals surface area contributed by atoms with Crippen LogP contribution in [-0.4, -0.2) is 78.0 Å². The lowest BCUT2D eigenvalue weighted by atomic mass is 9.92. The number of aromatic nitrogens is 4. The summed E-state index contributed by atoms with van der Waals surface area (Å²) in [4.78, 5) is 40.2. The Morgan fingerprint density at radius 1 is 0.887 bits per heavy atom. The molecule has 3 aromatic heterocycles. The van der Waals surface area contributed by atoms with Crippen molar-refractivity contribution in [2.24, 2.45) is 0 Å². The highest BCUT2D eigenvalue weighted by Gasteiger charge is 2.44. The fourth-order valence-electron chi connectivity index (χ4n) is 7.03. The zero-order valence-electron chi connectivity index (χ0n) is 32.4. The molecule has 62 heavy (non-hydrogen) atoms. The number of amides is 1. The molecule has 1 fully saturated rings. The smallest absolute Gasteiger partial charge is 0.394 e. The molecule has 314 valence electrons. The first-order valence-electron chi connectivity index (χ1n) is 19.2. The van der Waals surface area contributed by atoms with Crippen LogP contribution in [0.4, 0.5) is 29.7 Å². The number of carbonyl (C=O) groups is 2. The van der Waals surface area contributed by atoms with Crippen LogP contribution in [0.1, 0.15) is 50.1 Å². The summed E-state index contributed by atoms with van der Waals surface area (Å²) in [7, 11) is 0. The summed E-state index contributed by atoms with van der Waals surface area (Å²) >= 11 is 1.09. The maximum atomic E-state index is 13.8. The number of aliphatic hydroxyl groups excluding tert-OH is 3. The summed E-state index contributed by atoms with van der Waals surface area (Å²) in [5, 5.41) is 36.3. The van der Waals surface area contributed by atoms with Crippen LogP contribution in [0.3, 0.4) is 0 Å². The van der Waals surface area contributed by atoms with Gasteiger partial charge in [-0.3, -0.25) is 14.2 Å². The molecule has 0 aliphatic carbocycles. The molecule has 13 nitrogen and oxygen atoms in total. The van der Waals surface area contributed by atoms with Crippen LogP contribution in [0, 0.1) is 11.8 Å². The topological polar surface area (TPSA) is 198 Å². The van der Waals surface area contributed by atoms with Crippen LogP contribution in [0.15, 0.2) is 116 Å². The number of ketones is 1. The fourth-order valence-corrected chi connectivity index (χ4v) is 8.12. The quantitative estimate of drug-likeness (QED) is 0.0467. The monoisotopic (exact) mass is 859 g/mol. The Labute approximate surface area is 355 Å². The van der Waals surface area contributed by atoms with Gasteiger partial charge in [-0.1, -0.05) is 66.4 Å². The minimum Gasteiger partial charge on any atom is -0.394 e. The second-order valence-corrected chi connectivity index (χ2v) is 15.2. The van der Waals surface area contributed by atoms with Crippen molar-refractivity contribution in [3.8, 4) is 33.4 Å². The molecule has 0 radical (unpaired) electrons. The number of nitrogens with two attached hydrogens (primary N) is 1. The molecule has 0 unspecified atom stereocenters. The minimum absolute atomic E-state index is 0.110. The lowest BCUT2D eigenvalue weighted by molar-refractivity contribution is -0.137. The van der Waals surface area contributed by atoms with Crippen molar-refractivity contribution in [3.63, 3.8) is 0 Å². The zero-order valence-corrected chi connectivity index (χ0v) is 33.2. The first-order valence-corrected chi connectivity index (χ1v) is 20.0. The number of nitrogens with zero attached hydrogens (tertiary/aromatic N) is 4. The summed E-state index contributed by atoms with van der Waals surface area (Å²) in [5.41, 5.74) is 9.56. The maximum absolute atomic E-state index is 13.8. The lowest BCUT2D eigenvalue weighted by Gasteiger charge is -2.16. The number of thiophene rings is 1. The van der Waals surface area contributed by atoms with Crippen molar-refractivity contribution >= 4 is 50.7 Å². The van der Waals surface area contributed by atoms with Gasteiger partial charge in [0, 0.05) is 45.8 Å². The molecule has 1 aliphatic heterocycles. The number of nitrogen functional groups attached to an aromatic ring is 1. The summed E-state index contributed by atoms with van der Waals surface area (Å²) in [5.74, 6) is 5.74. The van der Waals surface area contributed by atoms with E-state index < -0.39 is 48.7 Å². The summed E-state index contributed by atoms with van der Waals surface area (Å²) < 4.78 is 48.4. The van der Waals surface area contributed by atoms with Crippen molar-refractivity contribution in [1.29, 1.82) is 0 Å². The molecule has 7 aromatic rings. The Kier molecular flexibility index (Phi) is 11.8. The van der Waals surface area contributed by atoms with Gasteiger partial charge in [0.15, 0.2) is 29.0 Å². The van der Waals surface area contributed by atoms with Crippen LogP contribution in [0.25, 0.3) is 32.7 Å². The van der Waals surface area contributed by atoms with Crippen LogP contribution in [0.2, 0.25) is 0 Å². The molecule has 0 spiro atoms. The maximum Gasteiger partial charge on any atom is 0.416 e. The normalized spacial score (nSPS) is 17.4. The van der Waals surface area contributed by atoms with Gasteiger partial charge in [0.25, 0.3) is 5.91 Å². The molecule has 0 bridgehead atoms. The Bertz CT molecular complexity index is 2820. The van der Waals surface area contributed by atoms with Crippen LogP contribution < -0.4 is 16.4 Å². The van der Waals surface area contributed by atoms with Crippen LogP contribution in [-0.2, 0) is 10.9 Å². The Balaban J connectivity index is 0.904.